The maximum Gasteiger partial charge on any atom is 0.126 e. The Morgan fingerprint density at radius 1 is 1.37 bits per heavy atom. The standard InChI is InChI=1S/C15H18FNOS/c1-11(17-2)14-6-5-12(16)10-15(14)18-8-7-13-4-3-9-19-13/h3-6,9-11,17H,7-8H2,1-2H3. The first-order valence-electron chi connectivity index (χ1n) is 6.32. The van der Waals surface area contributed by atoms with Crippen LogP contribution in [0, 0.1) is 5.82 Å². The number of hydrogen-bond acceptors (Lipinski definition) is 3. The van der Waals surface area contributed by atoms with Crippen LogP contribution in [0.5, 0.6) is 5.75 Å². The lowest BCUT2D eigenvalue weighted by molar-refractivity contribution is 0.315. The van der Waals surface area contributed by atoms with Crippen molar-refractivity contribution >= 4 is 11.3 Å². The molecule has 2 aromatic rings. The van der Waals surface area contributed by atoms with Gasteiger partial charge in [-0.3, -0.25) is 0 Å². The third-order valence-electron chi connectivity index (χ3n) is 3.06. The van der Waals surface area contributed by atoms with E-state index in [4.69, 9.17) is 4.74 Å². The van der Waals surface area contributed by atoms with Crippen molar-refractivity contribution in [3.63, 3.8) is 0 Å². The largest absolute Gasteiger partial charge is 0.493 e. The summed E-state index contributed by atoms with van der Waals surface area (Å²) in [6.45, 7) is 2.59. The lowest BCUT2D eigenvalue weighted by Crippen LogP contribution is -2.14. The second-order valence-corrected chi connectivity index (χ2v) is 5.40. The molecule has 1 aromatic carbocycles. The Hall–Kier alpha value is -1.39. The van der Waals surface area contributed by atoms with E-state index in [1.54, 1.807) is 17.4 Å². The van der Waals surface area contributed by atoms with Gasteiger partial charge in [-0.1, -0.05) is 12.1 Å². The third-order valence-corrected chi connectivity index (χ3v) is 4.00. The van der Waals surface area contributed by atoms with Crippen LogP contribution >= 0.6 is 11.3 Å². The fraction of sp³-hybridized carbons (Fsp3) is 0.333. The van der Waals surface area contributed by atoms with Gasteiger partial charge in [0, 0.05) is 29.0 Å². The van der Waals surface area contributed by atoms with E-state index in [1.165, 1.54) is 17.0 Å². The number of benzene rings is 1. The first-order chi connectivity index (χ1) is 9.20. The highest BCUT2D eigenvalue weighted by Gasteiger charge is 2.11. The Balaban J connectivity index is 2.03. The van der Waals surface area contributed by atoms with Gasteiger partial charge in [0.15, 0.2) is 0 Å². The van der Waals surface area contributed by atoms with Gasteiger partial charge >= 0.3 is 0 Å². The summed E-state index contributed by atoms with van der Waals surface area (Å²) >= 11 is 1.71. The van der Waals surface area contributed by atoms with Crippen molar-refractivity contribution in [2.45, 2.75) is 19.4 Å². The van der Waals surface area contributed by atoms with Crippen LogP contribution in [0.1, 0.15) is 23.4 Å². The molecule has 0 saturated carbocycles. The van der Waals surface area contributed by atoms with Gasteiger partial charge in [0.2, 0.25) is 0 Å². The zero-order chi connectivity index (χ0) is 13.7. The second kappa shape index (κ2) is 6.68. The fourth-order valence-corrected chi connectivity index (χ4v) is 2.55. The Morgan fingerprint density at radius 3 is 2.89 bits per heavy atom. The van der Waals surface area contributed by atoms with Crippen LogP contribution in [0.3, 0.4) is 0 Å². The van der Waals surface area contributed by atoms with E-state index in [0.29, 0.717) is 12.4 Å². The number of hydrogen-bond donors (Lipinski definition) is 1. The van der Waals surface area contributed by atoms with Crippen molar-refractivity contribution in [2.24, 2.45) is 0 Å². The predicted octanol–water partition coefficient (Wildman–Crippen LogP) is 3.79. The van der Waals surface area contributed by atoms with E-state index in [2.05, 4.69) is 11.4 Å². The normalized spacial score (nSPS) is 12.4. The zero-order valence-corrected chi connectivity index (χ0v) is 12.0. The molecule has 1 heterocycles. The first kappa shape index (κ1) is 14.0. The molecule has 0 aliphatic heterocycles. The molecular weight excluding hydrogens is 261 g/mol. The van der Waals surface area contributed by atoms with Crippen molar-refractivity contribution in [2.75, 3.05) is 13.7 Å². The van der Waals surface area contributed by atoms with E-state index in [9.17, 15) is 4.39 Å². The lowest BCUT2D eigenvalue weighted by Gasteiger charge is -2.16. The Morgan fingerprint density at radius 2 is 2.21 bits per heavy atom. The molecule has 1 aromatic heterocycles. The molecule has 0 amide bonds. The molecule has 0 spiro atoms. The van der Waals surface area contributed by atoms with Gasteiger partial charge in [-0.15, -0.1) is 11.3 Å². The average Bonchev–Trinajstić information content (AvgIpc) is 2.91. The number of nitrogens with one attached hydrogen (secondary N) is 1. The van der Waals surface area contributed by atoms with Gasteiger partial charge in [0.25, 0.3) is 0 Å². The van der Waals surface area contributed by atoms with Crippen LogP contribution in [0.25, 0.3) is 0 Å². The minimum absolute atomic E-state index is 0.136. The van der Waals surface area contributed by atoms with Crippen molar-refractivity contribution in [3.8, 4) is 5.75 Å². The van der Waals surface area contributed by atoms with E-state index >= 15 is 0 Å². The molecule has 1 atom stereocenters. The smallest absolute Gasteiger partial charge is 0.126 e. The molecule has 1 unspecified atom stereocenters. The minimum Gasteiger partial charge on any atom is -0.493 e. The number of halogens is 1. The molecule has 0 saturated heterocycles. The highest BCUT2D eigenvalue weighted by molar-refractivity contribution is 7.09. The van der Waals surface area contributed by atoms with Gasteiger partial charge in [-0.25, -0.2) is 4.39 Å². The van der Waals surface area contributed by atoms with Crippen LogP contribution in [0.2, 0.25) is 0 Å². The third kappa shape index (κ3) is 3.78. The van der Waals surface area contributed by atoms with Crippen LogP contribution in [-0.4, -0.2) is 13.7 Å². The number of thiophene rings is 1. The molecule has 19 heavy (non-hydrogen) atoms. The molecule has 4 heteroatoms. The summed E-state index contributed by atoms with van der Waals surface area (Å²) < 4.78 is 19.1. The summed E-state index contributed by atoms with van der Waals surface area (Å²) in [5.74, 6) is 0.358. The van der Waals surface area contributed by atoms with Crippen molar-refractivity contribution in [1.82, 2.24) is 5.32 Å². The SMILES string of the molecule is CNC(C)c1ccc(F)cc1OCCc1cccs1. The van der Waals surface area contributed by atoms with Crippen LogP contribution in [-0.2, 0) is 6.42 Å². The zero-order valence-electron chi connectivity index (χ0n) is 11.2. The molecule has 0 aliphatic carbocycles. The summed E-state index contributed by atoms with van der Waals surface area (Å²) in [5, 5.41) is 5.19. The maximum absolute atomic E-state index is 13.3. The number of rotatable bonds is 6. The predicted molar refractivity (Wildman–Crippen MR) is 77.4 cm³/mol. The number of ether oxygens (including phenoxy) is 1. The van der Waals surface area contributed by atoms with E-state index in [0.717, 1.165) is 12.0 Å². The average molecular weight is 279 g/mol. The highest BCUT2D eigenvalue weighted by atomic mass is 32.1. The Kier molecular flexibility index (Phi) is 4.93. The van der Waals surface area contributed by atoms with Crippen LogP contribution in [0.4, 0.5) is 4.39 Å². The van der Waals surface area contributed by atoms with Crippen LogP contribution < -0.4 is 10.1 Å². The van der Waals surface area contributed by atoms with Crippen molar-refractivity contribution < 1.29 is 9.13 Å². The molecule has 2 nitrogen and oxygen atoms in total. The lowest BCUT2D eigenvalue weighted by atomic mass is 10.1. The summed E-state index contributed by atoms with van der Waals surface area (Å²) in [5.41, 5.74) is 0.982. The van der Waals surface area contributed by atoms with Gasteiger partial charge in [-0.2, -0.15) is 0 Å². The topological polar surface area (TPSA) is 21.3 Å². The van der Waals surface area contributed by atoms with Gasteiger partial charge < -0.3 is 10.1 Å². The van der Waals surface area contributed by atoms with E-state index in [-0.39, 0.29) is 11.9 Å². The molecule has 0 fully saturated rings. The molecule has 1 N–H and O–H groups in total. The minimum atomic E-state index is -0.266. The maximum atomic E-state index is 13.3. The molecular formula is C15H18FNOS. The van der Waals surface area contributed by atoms with Crippen molar-refractivity contribution in [1.29, 1.82) is 0 Å². The molecule has 0 aliphatic rings. The summed E-state index contributed by atoms with van der Waals surface area (Å²) in [6.07, 6.45) is 0.849. The van der Waals surface area contributed by atoms with Gasteiger partial charge in [0.05, 0.1) is 6.61 Å². The second-order valence-electron chi connectivity index (χ2n) is 4.37. The molecule has 2 rings (SSSR count). The van der Waals surface area contributed by atoms with Crippen LogP contribution in [0.15, 0.2) is 35.7 Å². The summed E-state index contributed by atoms with van der Waals surface area (Å²) in [4.78, 5) is 1.28. The van der Waals surface area contributed by atoms with E-state index < -0.39 is 0 Å². The summed E-state index contributed by atoms with van der Waals surface area (Å²) in [6, 6.07) is 8.94. The first-order valence-corrected chi connectivity index (χ1v) is 7.20. The van der Waals surface area contributed by atoms with Gasteiger partial charge in [-0.05, 0) is 31.5 Å². The molecule has 102 valence electrons. The van der Waals surface area contributed by atoms with Gasteiger partial charge in [0.1, 0.15) is 11.6 Å². The van der Waals surface area contributed by atoms with E-state index in [1.807, 2.05) is 25.4 Å². The summed E-state index contributed by atoms with van der Waals surface area (Å²) in [7, 11) is 1.88. The monoisotopic (exact) mass is 279 g/mol. The van der Waals surface area contributed by atoms with Crippen molar-refractivity contribution in [3.05, 3.63) is 52.0 Å². The Labute approximate surface area is 117 Å². The quantitative estimate of drug-likeness (QED) is 0.868. The Bertz CT molecular complexity index is 513. The molecule has 0 radical (unpaired) electrons. The fourth-order valence-electron chi connectivity index (χ4n) is 1.86. The molecule has 0 bridgehead atoms. The highest BCUT2D eigenvalue weighted by Crippen LogP contribution is 2.26.